The molecule has 2 aromatic carbocycles. The van der Waals surface area contributed by atoms with Crippen LogP contribution in [0.25, 0.3) is 23.0 Å². The van der Waals surface area contributed by atoms with E-state index < -0.39 is 0 Å². The standard InChI is InChI=1S/C28H24N4/c1-28(2)16-21(15-24(17-28)25(18-29)19-30)13-14-23-20-32(26-11-7-4-8-12-26)31-27(23)22-9-5-3-6-10-22/h3-15,20H,16-17H2,1-2H3/b14-13+. The molecular formula is C28H24N4. The van der Waals surface area contributed by atoms with Gasteiger partial charge in [0.25, 0.3) is 0 Å². The summed E-state index contributed by atoms with van der Waals surface area (Å²) in [4.78, 5) is 0. The number of hydrogen-bond acceptors (Lipinski definition) is 3. The maximum atomic E-state index is 9.33. The van der Waals surface area contributed by atoms with Gasteiger partial charge >= 0.3 is 0 Å². The lowest BCUT2D eigenvalue weighted by Crippen LogP contribution is -2.17. The van der Waals surface area contributed by atoms with Gasteiger partial charge in [-0.2, -0.15) is 15.6 Å². The van der Waals surface area contributed by atoms with E-state index >= 15 is 0 Å². The van der Waals surface area contributed by atoms with Gasteiger partial charge in [0.1, 0.15) is 17.7 Å². The topological polar surface area (TPSA) is 65.4 Å². The quantitative estimate of drug-likeness (QED) is 0.448. The van der Waals surface area contributed by atoms with Crippen molar-refractivity contribution in [2.75, 3.05) is 0 Å². The minimum Gasteiger partial charge on any atom is -0.240 e. The van der Waals surface area contributed by atoms with Crippen LogP contribution < -0.4 is 0 Å². The average molecular weight is 417 g/mol. The number of benzene rings is 2. The van der Waals surface area contributed by atoms with Crippen LogP contribution >= 0.6 is 0 Å². The Morgan fingerprint density at radius 2 is 1.59 bits per heavy atom. The molecule has 3 aromatic rings. The molecule has 1 aliphatic rings. The van der Waals surface area contributed by atoms with Crippen LogP contribution in [0.4, 0.5) is 0 Å². The van der Waals surface area contributed by atoms with E-state index in [9.17, 15) is 10.5 Å². The third kappa shape index (κ3) is 4.61. The van der Waals surface area contributed by atoms with E-state index in [1.807, 2.05) is 77.6 Å². The van der Waals surface area contributed by atoms with Crippen LogP contribution in [0.1, 0.15) is 32.3 Å². The SMILES string of the molecule is CC1(C)CC(/C=C/c2cn(-c3ccccc3)nc2-c2ccccc2)=CC(=C(C#N)C#N)C1. The Balaban J connectivity index is 1.77. The number of para-hydroxylation sites is 1. The average Bonchev–Trinajstić information content (AvgIpc) is 3.23. The summed E-state index contributed by atoms with van der Waals surface area (Å²) in [5, 5.41) is 23.5. The molecule has 0 unspecified atom stereocenters. The van der Waals surface area contributed by atoms with Crippen LogP contribution in [-0.2, 0) is 0 Å². The largest absolute Gasteiger partial charge is 0.240 e. The number of aromatic nitrogens is 2. The predicted octanol–water partition coefficient (Wildman–Crippen LogP) is 6.64. The summed E-state index contributed by atoms with van der Waals surface area (Å²) >= 11 is 0. The molecule has 156 valence electrons. The zero-order valence-electron chi connectivity index (χ0n) is 18.3. The molecule has 1 heterocycles. The Kier molecular flexibility index (Phi) is 5.88. The summed E-state index contributed by atoms with van der Waals surface area (Å²) in [5.74, 6) is 0. The minimum atomic E-state index is -0.0147. The summed E-state index contributed by atoms with van der Waals surface area (Å²) in [6, 6.07) is 24.3. The zero-order chi connectivity index (χ0) is 22.6. The molecular weight excluding hydrogens is 392 g/mol. The maximum Gasteiger partial charge on any atom is 0.132 e. The van der Waals surface area contributed by atoms with E-state index in [4.69, 9.17) is 5.10 Å². The van der Waals surface area contributed by atoms with Crippen molar-refractivity contribution in [3.63, 3.8) is 0 Å². The van der Waals surface area contributed by atoms with E-state index in [0.717, 1.165) is 46.5 Å². The third-order valence-electron chi connectivity index (χ3n) is 5.54. The molecule has 0 amide bonds. The second-order valence-electron chi connectivity index (χ2n) is 8.77. The molecule has 0 N–H and O–H groups in total. The molecule has 0 fully saturated rings. The number of rotatable bonds is 4. The monoisotopic (exact) mass is 416 g/mol. The first-order chi connectivity index (χ1) is 15.5. The Morgan fingerprint density at radius 3 is 2.25 bits per heavy atom. The van der Waals surface area contributed by atoms with E-state index in [1.165, 1.54) is 0 Å². The van der Waals surface area contributed by atoms with Gasteiger partial charge in [0.05, 0.1) is 11.4 Å². The van der Waals surface area contributed by atoms with Crippen LogP contribution in [0.3, 0.4) is 0 Å². The molecule has 0 spiro atoms. The third-order valence-corrected chi connectivity index (χ3v) is 5.54. The Bertz CT molecular complexity index is 1270. The van der Waals surface area contributed by atoms with E-state index in [1.54, 1.807) is 0 Å². The fraction of sp³-hybridized carbons (Fsp3) is 0.179. The molecule has 0 bridgehead atoms. The van der Waals surface area contributed by atoms with Crippen LogP contribution in [-0.4, -0.2) is 9.78 Å². The summed E-state index contributed by atoms with van der Waals surface area (Å²) in [6.07, 6.45) is 9.81. The highest BCUT2D eigenvalue weighted by Gasteiger charge is 2.26. The van der Waals surface area contributed by atoms with E-state index in [-0.39, 0.29) is 11.0 Å². The molecule has 0 aliphatic heterocycles. The highest BCUT2D eigenvalue weighted by atomic mass is 15.3. The predicted molar refractivity (Wildman–Crippen MR) is 127 cm³/mol. The first-order valence-corrected chi connectivity index (χ1v) is 10.6. The summed E-state index contributed by atoms with van der Waals surface area (Å²) in [5.41, 5.74) is 6.07. The first kappa shape index (κ1) is 21.1. The van der Waals surface area contributed by atoms with Gasteiger partial charge in [0.15, 0.2) is 0 Å². The van der Waals surface area contributed by atoms with Gasteiger partial charge in [-0.25, -0.2) is 4.68 Å². The minimum absolute atomic E-state index is 0.0147. The number of allylic oxidation sites excluding steroid dienone is 5. The van der Waals surface area contributed by atoms with Gasteiger partial charge in [-0.3, -0.25) is 0 Å². The Hall–Kier alpha value is -4.15. The second kappa shape index (κ2) is 8.92. The molecule has 1 aromatic heterocycles. The van der Waals surface area contributed by atoms with Crippen molar-refractivity contribution < 1.29 is 0 Å². The second-order valence-corrected chi connectivity index (χ2v) is 8.77. The van der Waals surface area contributed by atoms with Gasteiger partial charge in [-0.05, 0) is 41.5 Å². The van der Waals surface area contributed by atoms with Crippen LogP contribution in [0.5, 0.6) is 0 Å². The van der Waals surface area contributed by atoms with Crippen LogP contribution in [0, 0.1) is 28.1 Å². The molecule has 4 heteroatoms. The zero-order valence-corrected chi connectivity index (χ0v) is 18.3. The summed E-state index contributed by atoms with van der Waals surface area (Å²) < 4.78 is 1.90. The summed E-state index contributed by atoms with van der Waals surface area (Å²) in [7, 11) is 0. The van der Waals surface area contributed by atoms with Crippen LogP contribution in [0.15, 0.2) is 95.7 Å². The first-order valence-electron chi connectivity index (χ1n) is 10.6. The molecule has 4 rings (SSSR count). The van der Waals surface area contributed by atoms with Crippen molar-refractivity contribution in [2.24, 2.45) is 5.41 Å². The maximum absolute atomic E-state index is 9.33. The van der Waals surface area contributed by atoms with Gasteiger partial charge in [-0.15, -0.1) is 0 Å². The smallest absolute Gasteiger partial charge is 0.132 e. The number of hydrogen-bond donors (Lipinski definition) is 0. The number of nitrogens with zero attached hydrogens (tertiary/aromatic N) is 4. The fourth-order valence-electron chi connectivity index (χ4n) is 4.13. The molecule has 4 nitrogen and oxygen atoms in total. The lowest BCUT2D eigenvalue weighted by molar-refractivity contribution is 0.354. The Morgan fingerprint density at radius 1 is 0.938 bits per heavy atom. The molecule has 0 atom stereocenters. The number of nitriles is 2. The van der Waals surface area contributed by atoms with Gasteiger partial charge in [0.2, 0.25) is 0 Å². The Labute approximate surface area is 189 Å². The van der Waals surface area contributed by atoms with Gasteiger partial charge in [-0.1, -0.05) is 80.6 Å². The van der Waals surface area contributed by atoms with Crippen molar-refractivity contribution in [2.45, 2.75) is 26.7 Å². The fourth-order valence-corrected chi connectivity index (χ4v) is 4.13. The molecule has 0 saturated heterocycles. The highest BCUT2D eigenvalue weighted by molar-refractivity contribution is 5.73. The van der Waals surface area contributed by atoms with Crippen molar-refractivity contribution in [3.8, 4) is 29.1 Å². The van der Waals surface area contributed by atoms with Crippen molar-refractivity contribution >= 4 is 6.08 Å². The lowest BCUT2D eigenvalue weighted by Gasteiger charge is -2.30. The van der Waals surface area contributed by atoms with E-state index in [0.29, 0.717) is 0 Å². The lowest BCUT2D eigenvalue weighted by atomic mass is 9.74. The van der Waals surface area contributed by atoms with Crippen molar-refractivity contribution in [1.82, 2.24) is 9.78 Å². The van der Waals surface area contributed by atoms with Crippen molar-refractivity contribution in [3.05, 3.63) is 101 Å². The van der Waals surface area contributed by atoms with E-state index in [2.05, 4.69) is 38.1 Å². The molecule has 1 aliphatic carbocycles. The van der Waals surface area contributed by atoms with Crippen LogP contribution in [0.2, 0.25) is 0 Å². The highest BCUT2D eigenvalue weighted by Crippen LogP contribution is 2.39. The van der Waals surface area contributed by atoms with Gasteiger partial charge < -0.3 is 0 Å². The van der Waals surface area contributed by atoms with Crippen molar-refractivity contribution in [1.29, 1.82) is 10.5 Å². The van der Waals surface area contributed by atoms with Gasteiger partial charge in [0, 0.05) is 17.3 Å². The molecule has 0 saturated carbocycles. The molecule has 32 heavy (non-hydrogen) atoms. The molecule has 0 radical (unpaired) electrons. The normalized spacial score (nSPS) is 15.1. The summed E-state index contributed by atoms with van der Waals surface area (Å²) in [6.45, 7) is 4.34.